The van der Waals surface area contributed by atoms with Crippen LogP contribution in [0.25, 0.3) is 0 Å². The third kappa shape index (κ3) is 3.75. The van der Waals surface area contributed by atoms with Gasteiger partial charge in [-0.3, -0.25) is 4.68 Å². The van der Waals surface area contributed by atoms with E-state index in [9.17, 15) is 0 Å². The quantitative estimate of drug-likeness (QED) is 0.621. The molecule has 2 rings (SSSR count). The lowest BCUT2D eigenvalue weighted by Gasteiger charge is -2.04. The number of hydrogen-bond donors (Lipinski definition) is 0. The second-order valence-electron chi connectivity index (χ2n) is 4.19. The summed E-state index contributed by atoms with van der Waals surface area (Å²) in [6, 6.07) is 5.96. The van der Waals surface area contributed by atoms with Gasteiger partial charge >= 0.3 is 0 Å². The molecule has 0 aliphatic carbocycles. The minimum absolute atomic E-state index is 0.548. The van der Waals surface area contributed by atoms with E-state index in [-0.39, 0.29) is 0 Å². The zero-order chi connectivity index (χ0) is 13.0. The van der Waals surface area contributed by atoms with Crippen LogP contribution in [0.5, 0.6) is 0 Å². The van der Waals surface area contributed by atoms with Crippen molar-refractivity contribution in [2.45, 2.75) is 26.1 Å². The van der Waals surface area contributed by atoms with Gasteiger partial charge in [0.2, 0.25) is 0 Å². The molecule has 0 aliphatic rings. The summed E-state index contributed by atoms with van der Waals surface area (Å²) < 4.78 is 2.06. The molecule has 0 saturated carbocycles. The van der Waals surface area contributed by atoms with Gasteiger partial charge in [0.05, 0.1) is 12.2 Å². The normalized spacial score (nSPS) is 10.8. The van der Waals surface area contributed by atoms with E-state index in [1.807, 2.05) is 37.0 Å². The third-order valence-electron chi connectivity index (χ3n) is 2.61. The molecule has 0 atom stereocenters. The summed E-state index contributed by atoms with van der Waals surface area (Å²) >= 11 is 7.62. The Morgan fingerprint density at radius 3 is 2.78 bits per heavy atom. The van der Waals surface area contributed by atoms with Gasteiger partial charge in [0.1, 0.15) is 5.15 Å². The van der Waals surface area contributed by atoms with Gasteiger partial charge in [-0.15, -0.1) is 0 Å². The minimum Gasteiger partial charge on any atom is -0.269 e. The summed E-state index contributed by atoms with van der Waals surface area (Å²) in [7, 11) is 0. The Labute approximate surface area is 117 Å². The lowest BCUT2D eigenvalue weighted by atomic mass is 10.3. The smallest absolute Gasteiger partial charge is 0.129 e. The third-order valence-corrected chi connectivity index (χ3v) is 3.84. The zero-order valence-corrected chi connectivity index (χ0v) is 12.1. The average Bonchev–Trinajstić information content (AvgIpc) is 2.66. The van der Waals surface area contributed by atoms with E-state index >= 15 is 0 Å². The van der Waals surface area contributed by atoms with Crippen molar-refractivity contribution in [3.63, 3.8) is 0 Å². The molecule has 2 heterocycles. The highest BCUT2D eigenvalue weighted by atomic mass is 35.5. The summed E-state index contributed by atoms with van der Waals surface area (Å²) in [5, 5.41) is 4.99. The molecule has 3 nitrogen and oxygen atoms in total. The standard InChI is InChI=1S/C13H16ClN3S/c1-10-7-11(2)17(16-10)5-6-18-9-12-3-4-13(14)15-8-12/h3-4,7-8H,5-6,9H2,1-2H3. The van der Waals surface area contributed by atoms with Crippen molar-refractivity contribution in [2.75, 3.05) is 5.75 Å². The first-order chi connectivity index (χ1) is 8.65. The van der Waals surface area contributed by atoms with Crippen molar-refractivity contribution in [1.29, 1.82) is 0 Å². The molecule has 0 radical (unpaired) electrons. The van der Waals surface area contributed by atoms with Crippen molar-refractivity contribution in [3.05, 3.63) is 46.5 Å². The van der Waals surface area contributed by atoms with Gasteiger partial charge in [-0.25, -0.2) is 4.98 Å². The molecule has 0 bridgehead atoms. The summed E-state index contributed by atoms with van der Waals surface area (Å²) in [5.74, 6) is 2.01. The lowest BCUT2D eigenvalue weighted by molar-refractivity contribution is 0.640. The molecular weight excluding hydrogens is 266 g/mol. The fourth-order valence-corrected chi connectivity index (χ4v) is 2.70. The van der Waals surface area contributed by atoms with Crippen LogP contribution in [-0.2, 0) is 12.3 Å². The summed E-state index contributed by atoms with van der Waals surface area (Å²) in [4.78, 5) is 4.07. The van der Waals surface area contributed by atoms with Gasteiger partial charge in [-0.2, -0.15) is 16.9 Å². The Bertz CT molecular complexity index is 507. The molecule has 18 heavy (non-hydrogen) atoms. The maximum atomic E-state index is 5.74. The van der Waals surface area contributed by atoms with Gasteiger partial charge in [0.15, 0.2) is 0 Å². The molecule has 0 amide bonds. The molecule has 5 heteroatoms. The maximum absolute atomic E-state index is 5.74. The Morgan fingerprint density at radius 1 is 1.33 bits per heavy atom. The van der Waals surface area contributed by atoms with Crippen LogP contribution in [0.15, 0.2) is 24.4 Å². The first-order valence-corrected chi connectivity index (χ1v) is 7.37. The molecule has 96 valence electrons. The van der Waals surface area contributed by atoms with Gasteiger partial charge < -0.3 is 0 Å². The molecule has 0 aliphatic heterocycles. The second-order valence-corrected chi connectivity index (χ2v) is 5.68. The first-order valence-electron chi connectivity index (χ1n) is 5.84. The van der Waals surface area contributed by atoms with E-state index in [2.05, 4.69) is 27.8 Å². The number of pyridine rings is 1. The maximum Gasteiger partial charge on any atom is 0.129 e. The number of aryl methyl sites for hydroxylation is 3. The fraction of sp³-hybridized carbons (Fsp3) is 0.385. The Hall–Kier alpha value is -1.00. The zero-order valence-electron chi connectivity index (χ0n) is 10.6. The molecule has 2 aromatic heterocycles. The van der Waals surface area contributed by atoms with E-state index in [1.54, 1.807) is 0 Å². The van der Waals surface area contributed by atoms with Crippen LogP contribution >= 0.6 is 23.4 Å². The number of nitrogens with zero attached hydrogens (tertiary/aromatic N) is 3. The van der Waals surface area contributed by atoms with Crippen LogP contribution in [0.4, 0.5) is 0 Å². The molecule has 0 fully saturated rings. The number of halogens is 1. The lowest BCUT2D eigenvalue weighted by Crippen LogP contribution is -2.04. The summed E-state index contributed by atoms with van der Waals surface area (Å²) in [6.45, 7) is 5.06. The second kappa shape index (κ2) is 6.25. The Morgan fingerprint density at radius 2 is 2.17 bits per heavy atom. The van der Waals surface area contributed by atoms with Crippen LogP contribution in [0, 0.1) is 13.8 Å². The van der Waals surface area contributed by atoms with Gasteiger partial charge in [-0.1, -0.05) is 17.7 Å². The van der Waals surface area contributed by atoms with Gasteiger partial charge in [0, 0.05) is 23.4 Å². The van der Waals surface area contributed by atoms with Crippen molar-refractivity contribution in [1.82, 2.24) is 14.8 Å². The average molecular weight is 282 g/mol. The highest BCUT2D eigenvalue weighted by molar-refractivity contribution is 7.98. The van der Waals surface area contributed by atoms with Crippen LogP contribution in [0.2, 0.25) is 5.15 Å². The summed E-state index contributed by atoms with van der Waals surface area (Å²) in [5.41, 5.74) is 3.51. The fourth-order valence-electron chi connectivity index (χ4n) is 1.73. The topological polar surface area (TPSA) is 30.7 Å². The largest absolute Gasteiger partial charge is 0.269 e. The first kappa shape index (κ1) is 13.4. The highest BCUT2D eigenvalue weighted by Crippen LogP contribution is 2.14. The molecule has 0 spiro atoms. The number of thioether (sulfide) groups is 1. The van der Waals surface area contributed by atoms with Crippen LogP contribution in [0.3, 0.4) is 0 Å². The van der Waals surface area contributed by atoms with Gasteiger partial charge in [0.25, 0.3) is 0 Å². The SMILES string of the molecule is Cc1cc(C)n(CCSCc2ccc(Cl)nc2)n1. The minimum atomic E-state index is 0.548. The van der Waals surface area contributed by atoms with Gasteiger partial charge in [-0.05, 0) is 31.5 Å². The van der Waals surface area contributed by atoms with E-state index in [0.717, 1.165) is 23.7 Å². The Kier molecular flexibility index (Phi) is 4.66. The monoisotopic (exact) mass is 281 g/mol. The van der Waals surface area contributed by atoms with Crippen LogP contribution in [0.1, 0.15) is 17.0 Å². The van der Waals surface area contributed by atoms with Crippen molar-refractivity contribution < 1.29 is 0 Å². The van der Waals surface area contributed by atoms with Crippen LogP contribution < -0.4 is 0 Å². The van der Waals surface area contributed by atoms with Crippen molar-refractivity contribution in [2.24, 2.45) is 0 Å². The van der Waals surface area contributed by atoms with E-state index in [0.29, 0.717) is 5.15 Å². The molecule has 2 aromatic rings. The van der Waals surface area contributed by atoms with E-state index < -0.39 is 0 Å². The molecule has 0 N–H and O–H groups in total. The van der Waals surface area contributed by atoms with E-state index in [1.165, 1.54) is 11.3 Å². The number of aromatic nitrogens is 3. The highest BCUT2D eigenvalue weighted by Gasteiger charge is 2.00. The predicted molar refractivity (Wildman–Crippen MR) is 77.1 cm³/mol. The number of hydrogen-bond acceptors (Lipinski definition) is 3. The summed E-state index contributed by atoms with van der Waals surface area (Å²) in [6.07, 6.45) is 1.83. The molecule has 0 aromatic carbocycles. The molecule has 0 unspecified atom stereocenters. The molecular formula is C13H16ClN3S. The van der Waals surface area contributed by atoms with Crippen LogP contribution in [-0.4, -0.2) is 20.5 Å². The Balaban J connectivity index is 1.76. The van der Waals surface area contributed by atoms with E-state index in [4.69, 9.17) is 11.6 Å². The van der Waals surface area contributed by atoms with Crippen molar-refractivity contribution in [3.8, 4) is 0 Å². The molecule has 0 saturated heterocycles. The predicted octanol–water partition coefficient (Wildman–Crippen LogP) is 3.48. The number of rotatable bonds is 5. The van der Waals surface area contributed by atoms with Crippen molar-refractivity contribution >= 4 is 23.4 Å².